The van der Waals surface area contributed by atoms with Crippen LogP contribution in [0.2, 0.25) is 0 Å². The largest absolute Gasteiger partial charge is 0.496 e. The fourth-order valence-corrected chi connectivity index (χ4v) is 1.51. The third-order valence-corrected chi connectivity index (χ3v) is 2.16. The van der Waals surface area contributed by atoms with Crippen LogP contribution in [0.3, 0.4) is 0 Å². The van der Waals surface area contributed by atoms with Gasteiger partial charge in [0, 0.05) is 18.0 Å². The lowest BCUT2D eigenvalue weighted by Crippen LogP contribution is -1.91. The first-order chi connectivity index (χ1) is 6.22. The highest BCUT2D eigenvalue weighted by Crippen LogP contribution is 2.21. The van der Waals surface area contributed by atoms with Crippen LogP contribution in [0.15, 0.2) is 18.5 Å². The molecule has 0 saturated carbocycles. The van der Waals surface area contributed by atoms with E-state index in [1.54, 1.807) is 7.11 Å². The van der Waals surface area contributed by atoms with Gasteiger partial charge in [-0.25, -0.2) is 4.98 Å². The molecule has 0 amide bonds. The third-order valence-electron chi connectivity index (χ3n) is 2.16. The SMILES string of the molecule is COc1ccn2cc(C)nc2c1C. The Kier molecular flexibility index (Phi) is 1.72. The van der Waals surface area contributed by atoms with Gasteiger partial charge in [0.05, 0.1) is 12.8 Å². The molecule has 3 nitrogen and oxygen atoms in total. The molecule has 2 heterocycles. The second kappa shape index (κ2) is 2.76. The molecule has 2 aromatic rings. The van der Waals surface area contributed by atoms with E-state index < -0.39 is 0 Å². The first-order valence-corrected chi connectivity index (χ1v) is 4.21. The van der Waals surface area contributed by atoms with Gasteiger partial charge in [0.1, 0.15) is 11.4 Å². The number of aromatic nitrogens is 2. The first kappa shape index (κ1) is 8.10. The topological polar surface area (TPSA) is 26.5 Å². The van der Waals surface area contributed by atoms with E-state index in [0.717, 1.165) is 22.7 Å². The molecule has 0 fully saturated rings. The summed E-state index contributed by atoms with van der Waals surface area (Å²) >= 11 is 0. The van der Waals surface area contributed by atoms with Gasteiger partial charge in [-0.3, -0.25) is 0 Å². The maximum Gasteiger partial charge on any atom is 0.143 e. The third kappa shape index (κ3) is 1.16. The number of fused-ring (bicyclic) bond motifs is 1. The molecular formula is C10H12N2O. The van der Waals surface area contributed by atoms with Crippen molar-refractivity contribution >= 4 is 5.65 Å². The Bertz CT molecular complexity index is 445. The number of imidazole rings is 1. The van der Waals surface area contributed by atoms with Crippen LogP contribution in [0.4, 0.5) is 0 Å². The van der Waals surface area contributed by atoms with Gasteiger partial charge in [-0.15, -0.1) is 0 Å². The number of nitrogens with zero attached hydrogens (tertiary/aromatic N) is 2. The molecule has 0 unspecified atom stereocenters. The van der Waals surface area contributed by atoms with E-state index in [1.807, 2.05) is 36.7 Å². The summed E-state index contributed by atoms with van der Waals surface area (Å²) in [4.78, 5) is 4.40. The highest BCUT2D eigenvalue weighted by molar-refractivity contribution is 5.54. The van der Waals surface area contributed by atoms with Crippen molar-refractivity contribution in [2.24, 2.45) is 0 Å². The Balaban J connectivity index is 2.78. The van der Waals surface area contributed by atoms with Crippen LogP contribution in [-0.4, -0.2) is 16.5 Å². The van der Waals surface area contributed by atoms with E-state index in [9.17, 15) is 0 Å². The lowest BCUT2D eigenvalue weighted by atomic mass is 10.3. The van der Waals surface area contributed by atoms with E-state index >= 15 is 0 Å². The molecule has 0 atom stereocenters. The molecular weight excluding hydrogens is 164 g/mol. The lowest BCUT2D eigenvalue weighted by molar-refractivity contribution is 0.411. The molecule has 2 rings (SSSR count). The first-order valence-electron chi connectivity index (χ1n) is 4.21. The molecule has 2 aromatic heterocycles. The number of rotatable bonds is 1. The summed E-state index contributed by atoms with van der Waals surface area (Å²) in [7, 11) is 1.68. The number of hydrogen-bond donors (Lipinski definition) is 0. The zero-order valence-electron chi connectivity index (χ0n) is 8.03. The van der Waals surface area contributed by atoms with Crippen LogP contribution >= 0.6 is 0 Å². The fraction of sp³-hybridized carbons (Fsp3) is 0.300. The van der Waals surface area contributed by atoms with Gasteiger partial charge in [0.15, 0.2) is 0 Å². The predicted molar refractivity (Wildman–Crippen MR) is 51.2 cm³/mol. The normalized spacial score (nSPS) is 10.7. The molecule has 0 radical (unpaired) electrons. The van der Waals surface area contributed by atoms with Crippen LogP contribution in [0, 0.1) is 13.8 Å². The van der Waals surface area contributed by atoms with Crippen molar-refractivity contribution in [3.63, 3.8) is 0 Å². The average Bonchev–Trinajstić information content (AvgIpc) is 2.47. The number of ether oxygens (including phenoxy) is 1. The van der Waals surface area contributed by atoms with Crippen molar-refractivity contribution < 1.29 is 4.74 Å². The molecule has 3 heteroatoms. The molecule has 0 bridgehead atoms. The molecule has 0 aromatic carbocycles. The van der Waals surface area contributed by atoms with Gasteiger partial charge in [-0.05, 0) is 19.9 Å². The molecule has 68 valence electrons. The predicted octanol–water partition coefficient (Wildman–Crippen LogP) is 1.96. The molecule has 0 aliphatic rings. The van der Waals surface area contributed by atoms with Crippen molar-refractivity contribution in [1.29, 1.82) is 0 Å². The maximum absolute atomic E-state index is 5.21. The van der Waals surface area contributed by atoms with E-state index in [0.29, 0.717) is 0 Å². The van der Waals surface area contributed by atoms with E-state index in [-0.39, 0.29) is 0 Å². The van der Waals surface area contributed by atoms with Crippen LogP contribution in [-0.2, 0) is 0 Å². The quantitative estimate of drug-likeness (QED) is 0.664. The summed E-state index contributed by atoms with van der Waals surface area (Å²) < 4.78 is 7.22. The highest BCUT2D eigenvalue weighted by Gasteiger charge is 2.05. The lowest BCUT2D eigenvalue weighted by Gasteiger charge is -2.04. The van der Waals surface area contributed by atoms with Crippen molar-refractivity contribution in [2.75, 3.05) is 7.11 Å². The van der Waals surface area contributed by atoms with Gasteiger partial charge in [0.25, 0.3) is 0 Å². The van der Waals surface area contributed by atoms with Gasteiger partial charge in [-0.2, -0.15) is 0 Å². The van der Waals surface area contributed by atoms with Crippen molar-refractivity contribution in [2.45, 2.75) is 13.8 Å². The van der Waals surface area contributed by atoms with Gasteiger partial charge < -0.3 is 9.14 Å². The molecule has 0 saturated heterocycles. The van der Waals surface area contributed by atoms with Crippen LogP contribution in [0.5, 0.6) is 5.75 Å². The Labute approximate surface area is 77.0 Å². The number of methoxy groups -OCH3 is 1. The van der Waals surface area contributed by atoms with Gasteiger partial charge in [0.2, 0.25) is 0 Å². The molecule has 13 heavy (non-hydrogen) atoms. The highest BCUT2D eigenvalue weighted by atomic mass is 16.5. The zero-order valence-corrected chi connectivity index (χ0v) is 8.03. The second-order valence-electron chi connectivity index (χ2n) is 3.12. The zero-order chi connectivity index (χ0) is 9.42. The summed E-state index contributed by atoms with van der Waals surface area (Å²) in [6.07, 6.45) is 3.96. The number of pyridine rings is 1. The fourth-order valence-electron chi connectivity index (χ4n) is 1.51. The summed E-state index contributed by atoms with van der Waals surface area (Å²) in [6.45, 7) is 4.00. The van der Waals surface area contributed by atoms with Crippen LogP contribution < -0.4 is 4.74 Å². The Hall–Kier alpha value is -1.51. The number of aryl methyl sites for hydroxylation is 2. The minimum atomic E-state index is 0.887. The summed E-state index contributed by atoms with van der Waals surface area (Å²) in [5.74, 6) is 0.887. The van der Waals surface area contributed by atoms with Gasteiger partial charge in [-0.1, -0.05) is 0 Å². The Morgan fingerprint density at radius 1 is 1.38 bits per heavy atom. The minimum absolute atomic E-state index is 0.887. The summed E-state index contributed by atoms with van der Waals surface area (Å²) in [5.41, 5.74) is 3.08. The standard InChI is InChI=1S/C10H12N2O/c1-7-6-12-5-4-9(13-3)8(2)10(12)11-7/h4-6H,1-3H3. The monoisotopic (exact) mass is 176 g/mol. The van der Waals surface area contributed by atoms with Crippen LogP contribution in [0.25, 0.3) is 5.65 Å². The molecule has 0 spiro atoms. The Morgan fingerprint density at radius 2 is 2.15 bits per heavy atom. The molecule has 0 aliphatic heterocycles. The summed E-state index contributed by atoms with van der Waals surface area (Å²) in [5, 5.41) is 0. The van der Waals surface area contributed by atoms with E-state index in [2.05, 4.69) is 4.98 Å². The van der Waals surface area contributed by atoms with Crippen molar-refractivity contribution in [3.05, 3.63) is 29.7 Å². The van der Waals surface area contributed by atoms with E-state index in [1.165, 1.54) is 0 Å². The molecule has 0 aliphatic carbocycles. The smallest absolute Gasteiger partial charge is 0.143 e. The average molecular weight is 176 g/mol. The second-order valence-corrected chi connectivity index (χ2v) is 3.12. The van der Waals surface area contributed by atoms with Crippen LogP contribution in [0.1, 0.15) is 11.3 Å². The Morgan fingerprint density at radius 3 is 2.85 bits per heavy atom. The van der Waals surface area contributed by atoms with Crippen molar-refractivity contribution in [1.82, 2.24) is 9.38 Å². The van der Waals surface area contributed by atoms with E-state index in [4.69, 9.17) is 4.74 Å². The molecule has 0 N–H and O–H groups in total. The summed E-state index contributed by atoms with van der Waals surface area (Å²) in [6, 6.07) is 1.95. The number of hydrogen-bond acceptors (Lipinski definition) is 2. The van der Waals surface area contributed by atoms with Crippen molar-refractivity contribution in [3.8, 4) is 5.75 Å². The minimum Gasteiger partial charge on any atom is -0.496 e. The van der Waals surface area contributed by atoms with Gasteiger partial charge >= 0.3 is 0 Å². The maximum atomic E-state index is 5.21.